The molecule has 2 aromatic rings. The van der Waals surface area contributed by atoms with E-state index in [1.165, 1.54) is 0 Å². The Morgan fingerprint density at radius 1 is 1.25 bits per heavy atom. The zero-order valence-corrected chi connectivity index (χ0v) is 9.26. The third kappa shape index (κ3) is 1.61. The van der Waals surface area contributed by atoms with E-state index in [1.54, 1.807) is 0 Å². The molecule has 1 aliphatic carbocycles. The van der Waals surface area contributed by atoms with Crippen LogP contribution in [0.5, 0.6) is 0 Å². The molecule has 1 aromatic carbocycles. The Morgan fingerprint density at radius 3 is 2.81 bits per heavy atom. The lowest BCUT2D eigenvalue weighted by Crippen LogP contribution is -2.30. The molecule has 16 heavy (non-hydrogen) atoms. The summed E-state index contributed by atoms with van der Waals surface area (Å²) in [5, 5.41) is 10.4. The van der Waals surface area contributed by atoms with Gasteiger partial charge in [0, 0.05) is 0 Å². The topological polar surface area (TPSA) is 38.0 Å². The van der Waals surface area contributed by atoms with E-state index in [9.17, 15) is 5.11 Å². The van der Waals surface area contributed by atoms with Crippen LogP contribution in [0.25, 0.3) is 11.0 Å². The molecule has 0 atom stereocenters. The molecule has 3 rings (SSSR count). The summed E-state index contributed by atoms with van der Waals surface area (Å²) < 4.78 is 2.07. The van der Waals surface area contributed by atoms with Crippen LogP contribution in [0.4, 0.5) is 0 Å². The molecule has 0 amide bonds. The van der Waals surface area contributed by atoms with Crippen LogP contribution in [0.3, 0.4) is 0 Å². The first-order chi connectivity index (χ1) is 7.77. The fraction of sp³-hybridized carbons (Fsp3) is 0.462. The van der Waals surface area contributed by atoms with E-state index >= 15 is 0 Å². The Balaban J connectivity index is 1.94. The quantitative estimate of drug-likeness (QED) is 0.836. The van der Waals surface area contributed by atoms with Crippen molar-refractivity contribution in [2.75, 3.05) is 0 Å². The van der Waals surface area contributed by atoms with Crippen LogP contribution in [0.1, 0.15) is 25.7 Å². The summed E-state index contributed by atoms with van der Waals surface area (Å²) in [6.07, 6.45) is 5.95. The second-order valence-electron chi connectivity index (χ2n) is 4.79. The van der Waals surface area contributed by atoms with E-state index < -0.39 is 5.60 Å². The minimum Gasteiger partial charge on any atom is -0.388 e. The lowest BCUT2D eigenvalue weighted by atomic mass is 10.0. The number of rotatable bonds is 2. The zero-order chi connectivity index (χ0) is 11.0. The zero-order valence-electron chi connectivity index (χ0n) is 9.26. The van der Waals surface area contributed by atoms with E-state index in [4.69, 9.17) is 0 Å². The minimum atomic E-state index is -0.510. The summed E-state index contributed by atoms with van der Waals surface area (Å²) in [5.41, 5.74) is 1.61. The number of hydrogen-bond donors (Lipinski definition) is 1. The smallest absolute Gasteiger partial charge is 0.0959 e. The predicted molar refractivity (Wildman–Crippen MR) is 63.2 cm³/mol. The number of benzene rings is 1. The van der Waals surface area contributed by atoms with Crippen molar-refractivity contribution < 1.29 is 5.11 Å². The molecule has 1 aromatic heterocycles. The molecule has 1 saturated carbocycles. The highest BCUT2D eigenvalue weighted by atomic mass is 16.3. The van der Waals surface area contributed by atoms with Gasteiger partial charge < -0.3 is 9.67 Å². The van der Waals surface area contributed by atoms with Crippen LogP contribution in [-0.2, 0) is 6.54 Å². The highest BCUT2D eigenvalue weighted by Crippen LogP contribution is 2.31. The fourth-order valence-corrected chi connectivity index (χ4v) is 2.64. The maximum Gasteiger partial charge on any atom is 0.0959 e. The minimum absolute atomic E-state index is 0.510. The van der Waals surface area contributed by atoms with Gasteiger partial charge in [-0.15, -0.1) is 0 Å². The van der Waals surface area contributed by atoms with Crippen LogP contribution in [-0.4, -0.2) is 20.3 Å². The van der Waals surface area contributed by atoms with Crippen LogP contribution in [0.15, 0.2) is 30.6 Å². The fourth-order valence-electron chi connectivity index (χ4n) is 2.64. The molecule has 1 fully saturated rings. The Kier molecular flexibility index (Phi) is 2.21. The van der Waals surface area contributed by atoms with Crippen molar-refractivity contribution in [3.63, 3.8) is 0 Å². The van der Waals surface area contributed by atoms with Gasteiger partial charge in [0.1, 0.15) is 0 Å². The van der Waals surface area contributed by atoms with Gasteiger partial charge >= 0.3 is 0 Å². The lowest BCUT2D eigenvalue weighted by molar-refractivity contribution is 0.0309. The highest BCUT2D eigenvalue weighted by molar-refractivity contribution is 5.74. The van der Waals surface area contributed by atoms with Crippen LogP contribution < -0.4 is 0 Å². The summed E-state index contributed by atoms with van der Waals surface area (Å²) in [6.45, 7) is 0.674. The SMILES string of the molecule is OC1(Cn2cnc3ccccc32)CCCC1. The molecule has 1 heterocycles. The third-order valence-corrected chi connectivity index (χ3v) is 3.53. The molecule has 0 saturated heterocycles. The Hall–Kier alpha value is -1.35. The summed E-state index contributed by atoms with van der Waals surface area (Å²) in [7, 11) is 0. The van der Waals surface area contributed by atoms with Crippen LogP contribution >= 0.6 is 0 Å². The first-order valence-electron chi connectivity index (χ1n) is 5.89. The van der Waals surface area contributed by atoms with Crippen LogP contribution in [0, 0.1) is 0 Å². The van der Waals surface area contributed by atoms with E-state index in [0.717, 1.165) is 36.7 Å². The van der Waals surface area contributed by atoms with Gasteiger partial charge in [-0.1, -0.05) is 25.0 Å². The van der Waals surface area contributed by atoms with E-state index in [2.05, 4.69) is 15.6 Å². The average Bonchev–Trinajstić information content (AvgIpc) is 2.87. The number of para-hydroxylation sites is 2. The summed E-state index contributed by atoms with van der Waals surface area (Å²) in [4.78, 5) is 4.34. The van der Waals surface area contributed by atoms with Crippen molar-refractivity contribution in [1.82, 2.24) is 9.55 Å². The summed E-state index contributed by atoms with van der Waals surface area (Å²) in [6, 6.07) is 8.06. The molecule has 0 radical (unpaired) electrons. The largest absolute Gasteiger partial charge is 0.388 e. The number of fused-ring (bicyclic) bond motifs is 1. The second kappa shape index (κ2) is 3.59. The molecule has 0 unspecified atom stereocenters. The van der Waals surface area contributed by atoms with Crippen molar-refractivity contribution in [3.05, 3.63) is 30.6 Å². The van der Waals surface area contributed by atoms with Gasteiger partial charge in [-0.05, 0) is 25.0 Å². The molecule has 1 N–H and O–H groups in total. The maximum absolute atomic E-state index is 10.4. The van der Waals surface area contributed by atoms with Gasteiger partial charge in [0.25, 0.3) is 0 Å². The number of aromatic nitrogens is 2. The first kappa shape index (κ1) is 9.85. The van der Waals surface area contributed by atoms with E-state index in [-0.39, 0.29) is 0 Å². The monoisotopic (exact) mass is 216 g/mol. The van der Waals surface area contributed by atoms with Crippen molar-refractivity contribution >= 4 is 11.0 Å². The molecule has 3 heteroatoms. The molecule has 3 nitrogen and oxygen atoms in total. The van der Waals surface area contributed by atoms with Gasteiger partial charge in [0.05, 0.1) is 29.5 Å². The summed E-state index contributed by atoms with van der Waals surface area (Å²) in [5.74, 6) is 0. The molecular formula is C13H16N2O. The van der Waals surface area contributed by atoms with Gasteiger partial charge in [-0.25, -0.2) is 4.98 Å². The van der Waals surface area contributed by atoms with E-state index in [1.807, 2.05) is 24.5 Å². The Morgan fingerprint density at radius 2 is 2.00 bits per heavy atom. The summed E-state index contributed by atoms with van der Waals surface area (Å²) >= 11 is 0. The first-order valence-corrected chi connectivity index (χ1v) is 5.89. The number of hydrogen-bond acceptors (Lipinski definition) is 2. The van der Waals surface area contributed by atoms with Crippen LogP contribution in [0.2, 0.25) is 0 Å². The average molecular weight is 216 g/mol. The van der Waals surface area contributed by atoms with Crippen molar-refractivity contribution in [1.29, 1.82) is 0 Å². The Labute approximate surface area is 94.7 Å². The van der Waals surface area contributed by atoms with Gasteiger partial charge in [0.2, 0.25) is 0 Å². The Bertz CT molecular complexity index is 497. The van der Waals surface area contributed by atoms with Gasteiger partial charge in [-0.3, -0.25) is 0 Å². The predicted octanol–water partition coefficient (Wildman–Crippen LogP) is 2.34. The normalized spacial score (nSPS) is 19.3. The molecule has 0 aliphatic heterocycles. The number of imidazole rings is 1. The molecule has 84 valence electrons. The van der Waals surface area contributed by atoms with E-state index in [0.29, 0.717) is 6.54 Å². The number of aliphatic hydroxyl groups is 1. The molecule has 0 bridgehead atoms. The lowest BCUT2D eigenvalue weighted by Gasteiger charge is -2.22. The second-order valence-corrected chi connectivity index (χ2v) is 4.79. The van der Waals surface area contributed by atoms with Gasteiger partial charge in [0.15, 0.2) is 0 Å². The maximum atomic E-state index is 10.4. The standard InChI is InChI=1S/C13H16N2O/c16-13(7-3-4-8-13)9-15-10-14-11-5-1-2-6-12(11)15/h1-2,5-6,10,16H,3-4,7-9H2. The van der Waals surface area contributed by atoms with Crippen molar-refractivity contribution in [2.24, 2.45) is 0 Å². The molecular weight excluding hydrogens is 200 g/mol. The van der Waals surface area contributed by atoms with Crippen molar-refractivity contribution in [3.8, 4) is 0 Å². The highest BCUT2D eigenvalue weighted by Gasteiger charge is 2.31. The molecule has 0 spiro atoms. The number of nitrogens with zero attached hydrogens (tertiary/aromatic N) is 2. The molecule has 1 aliphatic rings. The third-order valence-electron chi connectivity index (χ3n) is 3.53. The van der Waals surface area contributed by atoms with Crippen molar-refractivity contribution in [2.45, 2.75) is 37.8 Å². The van der Waals surface area contributed by atoms with Gasteiger partial charge in [-0.2, -0.15) is 0 Å².